The molecule has 0 radical (unpaired) electrons. The number of piperidine rings is 1. The SMILES string of the molecule is CN=C(NCc1cc(Br)ccc1F)N1CCC(OCC2CCCCO2)CC1. The Hall–Kier alpha value is -1.18. The Morgan fingerprint density at radius 3 is 2.85 bits per heavy atom. The van der Waals surface area contributed by atoms with Crippen molar-refractivity contribution in [1.29, 1.82) is 0 Å². The highest BCUT2D eigenvalue weighted by atomic mass is 79.9. The average molecular weight is 442 g/mol. The van der Waals surface area contributed by atoms with Gasteiger partial charge in [0.25, 0.3) is 0 Å². The zero-order chi connectivity index (χ0) is 19.1. The van der Waals surface area contributed by atoms with Crippen molar-refractivity contribution in [2.45, 2.75) is 50.9 Å². The molecule has 1 atom stereocenters. The van der Waals surface area contributed by atoms with Gasteiger partial charge in [-0.25, -0.2) is 4.39 Å². The van der Waals surface area contributed by atoms with Crippen LogP contribution in [-0.2, 0) is 16.0 Å². The third-order valence-corrected chi connectivity index (χ3v) is 5.68. The van der Waals surface area contributed by atoms with Crippen LogP contribution in [0.25, 0.3) is 0 Å². The van der Waals surface area contributed by atoms with Gasteiger partial charge in [-0.1, -0.05) is 15.9 Å². The van der Waals surface area contributed by atoms with E-state index in [1.807, 2.05) is 0 Å². The normalized spacial score (nSPS) is 22.1. The summed E-state index contributed by atoms with van der Waals surface area (Å²) in [4.78, 5) is 6.57. The van der Waals surface area contributed by atoms with Crippen LogP contribution in [-0.4, -0.2) is 56.4 Å². The van der Waals surface area contributed by atoms with Crippen molar-refractivity contribution in [3.63, 3.8) is 0 Å². The standard InChI is InChI=1S/C20H29BrFN3O2/c1-23-20(24-13-15-12-16(21)5-6-19(15)22)25-9-7-17(8-10-25)27-14-18-4-2-3-11-26-18/h5-6,12,17-18H,2-4,7-11,13-14H2,1H3,(H,23,24). The summed E-state index contributed by atoms with van der Waals surface area (Å²) in [7, 11) is 1.77. The largest absolute Gasteiger partial charge is 0.376 e. The van der Waals surface area contributed by atoms with Crippen molar-refractivity contribution >= 4 is 21.9 Å². The van der Waals surface area contributed by atoms with Gasteiger partial charge in [0.2, 0.25) is 0 Å². The number of likely N-dealkylation sites (tertiary alicyclic amines) is 1. The minimum atomic E-state index is -0.210. The molecule has 2 aliphatic heterocycles. The smallest absolute Gasteiger partial charge is 0.193 e. The molecule has 1 unspecified atom stereocenters. The van der Waals surface area contributed by atoms with E-state index in [2.05, 4.69) is 31.1 Å². The number of benzene rings is 1. The lowest BCUT2D eigenvalue weighted by Crippen LogP contribution is -2.47. The first-order valence-corrected chi connectivity index (χ1v) is 10.6. The molecule has 2 heterocycles. The average Bonchev–Trinajstić information content (AvgIpc) is 2.71. The fourth-order valence-corrected chi connectivity index (χ4v) is 4.01. The highest BCUT2D eigenvalue weighted by molar-refractivity contribution is 9.10. The first-order chi connectivity index (χ1) is 13.2. The molecule has 3 rings (SSSR count). The predicted molar refractivity (Wildman–Crippen MR) is 108 cm³/mol. The van der Waals surface area contributed by atoms with Crippen molar-refractivity contribution in [2.24, 2.45) is 4.99 Å². The van der Waals surface area contributed by atoms with Crippen LogP contribution in [0.3, 0.4) is 0 Å². The lowest BCUT2D eigenvalue weighted by atomic mass is 10.1. The van der Waals surface area contributed by atoms with Gasteiger partial charge in [0.15, 0.2) is 5.96 Å². The maximum atomic E-state index is 13.9. The van der Waals surface area contributed by atoms with Crippen LogP contribution in [0.1, 0.15) is 37.7 Å². The summed E-state index contributed by atoms with van der Waals surface area (Å²) in [6, 6.07) is 4.97. The summed E-state index contributed by atoms with van der Waals surface area (Å²) >= 11 is 3.39. The molecule has 2 fully saturated rings. The third kappa shape index (κ3) is 6.16. The number of rotatable bonds is 5. The first-order valence-electron chi connectivity index (χ1n) is 9.78. The number of nitrogens with one attached hydrogen (secondary N) is 1. The third-order valence-electron chi connectivity index (χ3n) is 5.19. The van der Waals surface area contributed by atoms with Crippen molar-refractivity contribution < 1.29 is 13.9 Å². The van der Waals surface area contributed by atoms with Crippen molar-refractivity contribution in [3.8, 4) is 0 Å². The Morgan fingerprint density at radius 1 is 1.33 bits per heavy atom. The van der Waals surface area contributed by atoms with Crippen LogP contribution in [0.15, 0.2) is 27.7 Å². The lowest BCUT2D eigenvalue weighted by Gasteiger charge is -2.35. The minimum Gasteiger partial charge on any atom is -0.376 e. The van der Waals surface area contributed by atoms with Crippen molar-refractivity contribution in [3.05, 3.63) is 34.1 Å². The Labute approximate surface area is 169 Å². The summed E-state index contributed by atoms with van der Waals surface area (Å²) in [5, 5.41) is 3.28. The molecule has 2 saturated heterocycles. The number of guanidine groups is 1. The number of hydrogen-bond acceptors (Lipinski definition) is 3. The van der Waals surface area contributed by atoms with E-state index in [0.29, 0.717) is 18.7 Å². The van der Waals surface area contributed by atoms with Gasteiger partial charge < -0.3 is 19.7 Å². The second kappa shape index (κ2) is 10.4. The van der Waals surface area contributed by atoms with E-state index < -0.39 is 0 Å². The summed E-state index contributed by atoms with van der Waals surface area (Å²) in [6.45, 7) is 3.76. The molecule has 0 bridgehead atoms. The fourth-order valence-electron chi connectivity index (χ4n) is 3.60. The molecule has 150 valence electrons. The van der Waals surface area contributed by atoms with E-state index in [1.54, 1.807) is 19.2 Å². The second-order valence-corrected chi connectivity index (χ2v) is 8.06. The highest BCUT2D eigenvalue weighted by Crippen LogP contribution is 2.19. The molecule has 5 nitrogen and oxygen atoms in total. The zero-order valence-electron chi connectivity index (χ0n) is 15.9. The second-order valence-electron chi connectivity index (χ2n) is 7.14. The van der Waals surface area contributed by atoms with Gasteiger partial charge >= 0.3 is 0 Å². The van der Waals surface area contributed by atoms with E-state index in [-0.39, 0.29) is 18.0 Å². The zero-order valence-corrected chi connectivity index (χ0v) is 17.5. The quantitative estimate of drug-likeness (QED) is 0.558. The Balaban J connectivity index is 1.42. The molecule has 0 amide bonds. The molecule has 0 saturated carbocycles. The van der Waals surface area contributed by atoms with E-state index in [4.69, 9.17) is 9.47 Å². The fraction of sp³-hybridized carbons (Fsp3) is 0.650. The van der Waals surface area contributed by atoms with Crippen molar-refractivity contribution in [2.75, 3.05) is 33.4 Å². The Kier molecular flexibility index (Phi) is 7.91. The molecular weight excluding hydrogens is 413 g/mol. The molecule has 0 spiro atoms. The number of nitrogens with zero attached hydrogens (tertiary/aromatic N) is 2. The molecule has 7 heteroatoms. The summed E-state index contributed by atoms with van der Waals surface area (Å²) in [6.07, 6.45) is 6.02. The molecule has 1 aromatic rings. The van der Waals surface area contributed by atoms with E-state index in [1.165, 1.54) is 18.9 Å². The van der Waals surface area contributed by atoms with Crippen LogP contribution in [0, 0.1) is 5.82 Å². The van der Waals surface area contributed by atoms with Crippen LogP contribution < -0.4 is 5.32 Å². The molecule has 27 heavy (non-hydrogen) atoms. The molecule has 1 aromatic carbocycles. The first kappa shape index (κ1) is 20.6. The van der Waals surface area contributed by atoms with E-state index >= 15 is 0 Å². The molecular formula is C20H29BrFN3O2. The van der Waals surface area contributed by atoms with E-state index in [0.717, 1.165) is 49.4 Å². The predicted octanol–water partition coefficient (Wildman–Crippen LogP) is 3.71. The van der Waals surface area contributed by atoms with Crippen molar-refractivity contribution in [1.82, 2.24) is 10.2 Å². The van der Waals surface area contributed by atoms with Gasteiger partial charge in [0.1, 0.15) is 5.82 Å². The number of ether oxygens (including phenoxy) is 2. The monoisotopic (exact) mass is 441 g/mol. The summed E-state index contributed by atoms with van der Waals surface area (Å²) in [5.74, 6) is 0.599. The van der Waals surface area contributed by atoms with Crippen LogP contribution >= 0.6 is 15.9 Å². The molecule has 2 aliphatic rings. The van der Waals surface area contributed by atoms with Crippen LogP contribution in [0.5, 0.6) is 0 Å². The maximum absolute atomic E-state index is 13.9. The van der Waals surface area contributed by atoms with Crippen LogP contribution in [0.4, 0.5) is 4.39 Å². The summed E-state index contributed by atoms with van der Waals surface area (Å²) in [5.41, 5.74) is 0.622. The molecule has 1 N–H and O–H groups in total. The Morgan fingerprint density at radius 2 is 2.15 bits per heavy atom. The minimum absolute atomic E-state index is 0.210. The highest BCUT2D eigenvalue weighted by Gasteiger charge is 2.23. The van der Waals surface area contributed by atoms with Gasteiger partial charge in [-0.05, 0) is 50.3 Å². The lowest BCUT2D eigenvalue weighted by molar-refractivity contribution is -0.0721. The van der Waals surface area contributed by atoms with Gasteiger partial charge in [0.05, 0.1) is 18.8 Å². The van der Waals surface area contributed by atoms with Crippen LogP contribution in [0.2, 0.25) is 0 Å². The number of aliphatic imine (C=N–C) groups is 1. The topological polar surface area (TPSA) is 46.1 Å². The summed E-state index contributed by atoms with van der Waals surface area (Å²) < 4.78 is 26.6. The van der Waals surface area contributed by atoms with E-state index in [9.17, 15) is 4.39 Å². The Bertz CT molecular complexity index is 630. The van der Waals surface area contributed by atoms with Gasteiger partial charge in [-0.2, -0.15) is 0 Å². The number of hydrogen-bond donors (Lipinski definition) is 1. The molecule has 0 aliphatic carbocycles. The number of halogens is 2. The van der Waals surface area contributed by atoms with Gasteiger partial charge in [-0.3, -0.25) is 4.99 Å². The van der Waals surface area contributed by atoms with Gasteiger partial charge in [-0.15, -0.1) is 0 Å². The van der Waals surface area contributed by atoms with Gasteiger partial charge in [0, 0.05) is 43.3 Å². The maximum Gasteiger partial charge on any atom is 0.193 e. The molecule has 0 aromatic heterocycles.